The van der Waals surface area contributed by atoms with Crippen molar-refractivity contribution in [2.75, 3.05) is 13.1 Å². The molecule has 2 atom stereocenters. The summed E-state index contributed by atoms with van der Waals surface area (Å²) < 4.78 is 11.2. The van der Waals surface area contributed by atoms with E-state index in [0.717, 1.165) is 25.9 Å². The molecule has 4 heterocycles. The Labute approximate surface area is 151 Å². The number of piperidine rings is 3. The van der Waals surface area contributed by atoms with E-state index >= 15 is 0 Å². The Morgan fingerprint density at radius 2 is 2.08 bits per heavy atom. The average Bonchev–Trinajstić information content (AvgIpc) is 3.07. The summed E-state index contributed by atoms with van der Waals surface area (Å²) in [5.74, 6) is 1.47. The van der Waals surface area contributed by atoms with Crippen LogP contribution in [0.1, 0.15) is 30.3 Å². The van der Waals surface area contributed by atoms with Gasteiger partial charge in [-0.1, -0.05) is 17.7 Å². The number of furan rings is 1. The largest absolute Gasteiger partial charge is 0.426 e. The number of hydrogen-bond acceptors (Lipinski definition) is 4. The zero-order chi connectivity index (χ0) is 17.4. The fraction of sp³-hybridized carbons (Fsp3) is 0.421. The van der Waals surface area contributed by atoms with Gasteiger partial charge in [-0.25, -0.2) is 0 Å². The number of hydrogen-bond donors (Lipinski definition) is 1. The van der Waals surface area contributed by atoms with Gasteiger partial charge >= 0.3 is 0 Å². The van der Waals surface area contributed by atoms with Gasteiger partial charge < -0.3 is 14.5 Å². The van der Waals surface area contributed by atoms with Crippen molar-refractivity contribution in [2.24, 2.45) is 5.92 Å². The summed E-state index contributed by atoms with van der Waals surface area (Å²) in [6.07, 6.45) is 2.30. The maximum atomic E-state index is 12.6. The maximum Gasteiger partial charge on any atom is 0.290 e. The van der Waals surface area contributed by atoms with Crippen molar-refractivity contribution >= 4 is 17.5 Å². The molecule has 0 spiro atoms. The first kappa shape index (κ1) is 16.5. The van der Waals surface area contributed by atoms with Crippen LogP contribution in [-0.2, 0) is 0 Å². The summed E-state index contributed by atoms with van der Waals surface area (Å²) in [6, 6.07) is 10.9. The number of nitrogens with one attached hydrogen (secondary N) is 1. The van der Waals surface area contributed by atoms with Crippen LogP contribution in [0.15, 0.2) is 40.8 Å². The Morgan fingerprint density at radius 1 is 1.28 bits per heavy atom. The van der Waals surface area contributed by atoms with Crippen molar-refractivity contribution in [1.29, 1.82) is 0 Å². The summed E-state index contributed by atoms with van der Waals surface area (Å²) in [5, 5.41) is 3.73. The lowest BCUT2D eigenvalue weighted by Gasteiger charge is -2.49. The highest BCUT2D eigenvalue weighted by molar-refractivity contribution is 6.30. The monoisotopic (exact) mass is 360 g/mol. The molecule has 0 saturated carbocycles. The minimum absolute atomic E-state index is 0.178. The first-order valence-corrected chi connectivity index (χ1v) is 9.06. The molecule has 1 amide bonds. The normalized spacial score (nSPS) is 27.9. The second-order valence-electron chi connectivity index (χ2n) is 6.79. The first-order chi connectivity index (χ1) is 12.1. The molecule has 1 aromatic carbocycles. The molecule has 1 aromatic heterocycles. The third-order valence-electron chi connectivity index (χ3n) is 5.30. The third-order valence-corrected chi connectivity index (χ3v) is 5.53. The van der Waals surface area contributed by atoms with Gasteiger partial charge in [0, 0.05) is 23.2 Å². The maximum absolute atomic E-state index is 12.6. The van der Waals surface area contributed by atoms with Gasteiger partial charge in [0.15, 0.2) is 5.76 Å². The molecule has 5 rings (SSSR count). The molecule has 6 heteroatoms. The number of carbonyl (C=O) groups excluding carboxylic acids is 1. The van der Waals surface area contributed by atoms with Gasteiger partial charge in [0.1, 0.15) is 5.75 Å². The van der Waals surface area contributed by atoms with Crippen molar-refractivity contribution in [3.8, 4) is 11.7 Å². The fourth-order valence-electron chi connectivity index (χ4n) is 3.91. The van der Waals surface area contributed by atoms with Crippen LogP contribution in [0, 0.1) is 5.92 Å². The van der Waals surface area contributed by atoms with E-state index in [9.17, 15) is 4.79 Å². The molecule has 5 nitrogen and oxygen atoms in total. The van der Waals surface area contributed by atoms with Crippen LogP contribution in [0.25, 0.3) is 0 Å². The molecule has 0 aliphatic carbocycles. The Balaban J connectivity index is 1.42. The highest BCUT2D eigenvalue weighted by Gasteiger charge is 2.40. The Kier molecular flexibility index (Phi) is 4.44. The molecule has 2 bridgehead atoms. The predicted molar refractivity (Wildman–Crippen MR) is 95.2 cm³/mol. The number of amides is 1. The zero-order valence-electron chi connectivity index (χ0n) is 14.1. The van der Waals surface area contributed by atoms with Crippen molar-refractivity contribution in [2.45, 2.75) is 31.8 Å². The van der Waals surface area contributed by atoms with E-state index in [2.05, 4.69) is 17.1 Å². The lowest BCUT2D eigenvalue weighted by molar-refractivity contribution is 0.0210. The average molecular weight is 361 g/mol. The number of nitrogens with zero attached hydrogens (tertiary/aromatic N) is 1. The Morgan fingerprint density at radius 3 is 2.80 bits per heavy atom. The second-order valence-corrected chi connectivity index (χ2v) is 7.23. The van der Waals surface area contributed by atoms with Crippen molar-refractivity contribution in [1.82, 2.24) is 10.2 Å². The van der Waals surface area contributed by atoms with Gasteiger partial charge in [-0.3, -0.25) is 9.69 Å². The fourth-order valence-corrected chi connectivity index (χ4v) is 4.09. The summed E-state index contributed by atoms with van der Waals surface area (Å²) in [5.41, 5.74) is 0. The van der Waals surface area contributed by atoms with E-state index in [1.54, 1.807) is 36.4 Å². The molecule has 0 radical (unpaired) electrons. The van der Waals surface area contributed by atoms with Crippen LogP contribution < -0.4 is 10.1 Å². The van der Waals surface area contributed by atoms with Crippen molar-refractivity contribution in [3.05, 3.63) is 47.2 Å². The number of benzene rings is 1. The second kappa shape index (κ2) is 6.73. The molecule has 2 aromatic rings. The van der Waals surface area contributed by atoms with Gasteiger partial charge in [-0.05, 0) is 63.0 Å². The van der Waals surface area contributed by atoms with Crippen LogP contribution in [-0.4, -0.2) is 36.0 Å². The quantitative estimate of drug-likeness (QED) is 0.897. The van der Waals surface area contributed by atoms with Crippen LogP contribution in [0.5, 0.6) is 11.7 Å². The SMILES string of the molecule is C[C@H]1[C@H](NC(=O)c2ccc(Oc3cccc(Cl)c3)o2)C2CCN1CC2. The molecule has 3 aliphatic rings. The molecule has 3 aliphatic heterocycles. The summed E-state index contributed by atoms with van der Waals surface area (Å²) >= 11 is 5.94. The molecular weight excluding hydrogens is 340 g/mol. The van der Waals surface area contributed by atoms with E-state index in [0.29, 0.717) is 22.7 Å². The molecule has 0 unspecified atom stereocenters. The summed E-state index contributed by atoms with van der Waals surface area (Å²) in [4.78, 5) is 15.0. The van der Waals surface area contributed by atoms with E-state index in [1.165, 1.54) is 0 Å². The Hall–Kier alpha value is -1.98. The summed E-state index contributed by atoms with van der Waals surface area (Å²) in [7, 11) is 0. The van der Waals surface area contributed by atoms with Gasteiger partial charge in [0.25, 0.3) is 11.9 Å². The van der Waals surface area contributed by atoms with E-state index in [-0.39, 0.29) is 23.7 Å². The molecule has 3 fully saturated rings. The molecule has 25 heavy (non-hydrogen) atoms. The third kappa shape index (κ3) is 3.39. The van der Waals surface area contributed by atoms with Crippen LogP contribution in [0.4, 0.5) is 0 Å². The molecular formula is C19H21ClN2O3. The number of halogens is 1. The van der Waals surface area contributed by atoms with Gasteiger partial charge in [0.2, 0.25) is 0 Å². The zero-order valence-corrected chi connectivity index (χ0v) is 14.8. The van der Waals surface area contributed by atoms with Crippen LogP contribution >= 0.6 is 11.6 Å². The number of rotatable bonds is 4. The number of fused-ring (bicyclic) bond motifs is 3. The highest BCUT2D eigenvalue weighted by Crippen LogP contribution is 2.32. The number of ether oxygens (including phenoxy) is 1. The van der Waals surface area contributed by atoms with Crippen LogP contribution in [0.2, 0.25) is 5.02 Å². The Bertz CT molecular complexity index is 766. The lowest BCUT2D eigenvalue weighted by Crippen LogP contribution is -2.62. The topological polar surface area (TPSA) is 54.7 Å². The first-order valence-electron chi connectivity index (χ1n) is 8.68. The van der Waals surface area contributed by atoms with E-state index in [4.69, 9.17) is 20.8 Å². The van der Waals surface area contributed by atoms with Crippen LogP contribution in [0.3, 0.4) is 0 Å². The lowest BCUT2D eigenvalue weighted by atomic mass is 9.79. The minimum atomic E-state index is -0.188. The van der Waals surface area contributed by atoms with E-state index < -0.39 is 0 Å². The van der Waals surface area contributed by atoms with Crippen molar-refractivity contribution in [3.63, 3.8) is 0 Å². The molecule has 3 saturated heterocycles. The highest BCUT2D eigenvalue weighted by atomic mass is 35.5. The standard InChI is InChI=1S/C19H21ClN2O3/c1-12-18(13-7-9-22(12)10-8-13)21-19(23)16-5-6-17(25-16)24-15-4-2-3-14(20)11-15/h2-6,11-13,18H,7-10H2,1H3,(H,21,23)/t12-,18-/m0/s1. The van der Waals surface area contributed by atoms with Crippen molar-refractivity contribution < 1.29 is 13.9 Å². The van der Waals surface area contributed by atoms with Gasteiger partial charge in [0.05, 0.1) is 0 Å². The van der Waals surface area contributed by atoms with Gasteiger partial charge in [-0.2, -0.15) is 0 Å². The minimum Gasteiger partial charge on any atom is -0.426 e. The van der Waals surface area contributed by atoms with Gasteiger partial charge in [-0.15, -0.1) is 0 Å². The number of carbonyl (C=O) groups is 1. The molecule has 132 valence electrons. The smallest absolute Gasteiger partial charge is 0.290 e. The molecule has 1 N–H and O–H groups in total. The summed E-state index contributed by atoms with van der Waals surface area (Å²) in [6.45, 7) is 4.46. The van der Waals surface area contributed by atoms with E-state index in [1.807, 2.05) is 0 Å². The predicted octanol–water partition coefficient (Wildman–Crippen LogP) is 3.94.